The van der Waals surface area contributed by atoms with Gasteiger partial charge in [0.25, 0.3) is 0 Å². The quantitative estimate of drug-likeness (QED) is 0.0716. The minimum atomic E-state index is -0.337. The summed E-state index contributed by atoms with van der Waals surface area (Å²) < 4.78 is 1.35. The summed E-state index contributed by atoms with van der Waals surface area (Å²) >= 11 is 1.91. The molecule has 0 spiro atoms. The van der Waals surface area contributed by atoms with E-state index < -0.39 is 0 Å². The molecule has 1 aliphatic rings. The maximum atomic E-state index is 12.2. The number of carbonyl (C=O) groups is 1. The molecule has 1 aliphatic carbocycles. The van der Waals surface area contributed by atoms with Gasteiger partial charge in [-0.2, -0.15) is 0 Å². The number of thiophene rings is 1. The molecule has 0 saturated heterocycles. The number of hydrogen-bond donors (Lipinski definition) is 1. The third-order valence-corrected chi connectivity index (χ3v) is 13.7. The molecule has 2 heterocycles. The molecule has 1 radical (unpaired) electrons. The number of aliphatic hydroxyl groups is 1. The van der Waals surface area contributed by atoms with Gasteiger partial charge >= 0.3 is 0 Å². The van der Waals surface area contributed by atoms with Gasteiger partial charge in [0.05, 0.1) is 5.52 Å². The molecule has 3 nitrogen and oxygen atoms in total. The normalized spacial score (nSPS) is 14.0. The van der Waals surface area contributed by atoms with Gasteiger partial charge in [0.1, 0.15) is 5.76 Å². The number of fused-ring (bicyclic) bond motifs is 8. The van der Waals surface area contributed by atoms with Gasteiger partial charge in [-0.3, -0.25) is 9.78 Å². The number of nitrogens with zero attached hydrogens (tertiary/aromatic N) is 1. The molecule has 0 bridgehead atoms. The Hall–Kier alpha value is -3.63. The summed E-state index contributed by atoms with van der Waals surface area (Å²) in [6, 6.07) is 32.2. The van der Waals surface area contributed by atoms with Gasteiger partial charge in [-0.15, -0.1) is 40.7 Å². The second kappa shape index (κ2) is 15.5. The molecule has 0 saturated carbocycles. The SMILES string of the molecule is CC(C)(C)c1cccc2nc(-c3[c-]ccc4c3-c3sc5ccccc5c3C4(C)C)c3ccccc3c12.CCC(C)(CC)C(=O)/C=C(\O)C(C)(CC)CC.[Ir]. The molecule has 6 aromatic rings. The van der Waals surface area contributed by atoms with Crippen molar-refractivity contribution >= 4 is 48.9 Å². The van der Waals surface area contributed by atoms with Crippen molar-refractivity contribution in [3.05, 3.63) is 113 Å². The van der Waals surface area contributed by atoms with E-state index in [1.807, 2.05) is 52.9 Å². The van der Waals surface area contributed by atoms with E-state index in [1.54, 1.807) is 0 Å². The summed E-state index contributed by atoms with van der Waals surface area (Å²) in [6.07, 6.45) is 4.75. The zero-order chi connectivity index (χ0) is 38.5. The fourth-order valence-corrected chi connectivity index (χ4v) is 9.35. The predicted octanol–water partition coefficient (Wildman–Crippen LogP) is 14.3. The molecular weight excluding hydrogens is 859 g/mol. The Morgan fingerprint density at radius 1 is 0.796 bits per heavy atom. The van der Waals surface area contributed by atoms with E-state index >= 15 is 0 Å². The summed E-state index contributed by atoms with van der Waals surface area (Å²) in [5.41, 5.74) is 8.02. The van der Waals surface area contributed by atoms with Gasteiger partial charge in [-0.05, 0) is 86.5 Å². The molecule has 5 heteroatoms. The van der Waals surface area contributed by atoms with E-state index in [2.05, 4.69) is 120 Å². The van der Waals surface area contributed by atoms with Crippen LogP contribution in [0.3, 0.4) is 0 Å². The number of aliphatic hydroxyl groups excluding tert-OH is 1. The second-order valence-electron chi connectivity index (χ2n) is 17.0. The molecule has 2 aromatic heterocycles. The third kappa shape index (κ3) is 7.02. The van der Waals surface area contributed by atoms with Crippen LogP contribution in [0.25, 0.3) is 53.5 Å². The van der Waals surface area contributed by atoms with E-state index in [9.17, 15) is 9.90 Å². The molecule has 0 aliphatic heterocycles. The van der Waals surface area contributed by atoms with Crippen LogP contribution < -0.4 is 0 Å². The van der Waals surface area contributed by atoms with Crippen LogP contribution in [0.1, 0.15) is 119 Å². The van der Waals surface area contributed by atoms with Crippen LogP contribution in [0.2, 0.25) is 0 Å². The second-order valence-corrected chi connectivity index (χ2v) is 18.0. The molecule has 1 N–H and O–H groups in total. The average molecular weight is 915 g/mol. The Bertz CT molecular complexity index is 2370. The molecule has 0 fully saturated rings. The summed E-state index contributed by atoms with van der Waals surface area (Å²) in [5, 5.41) is 15.2. The van der Waals surface area contributed by atoms with Crippen molar-refractivity contribution in [3.63, 3.8) is 0 Å². The molecule has 0 unspecified atom stereocenters. The number of aromatic nitrogens is 1. The minimum absolute atomic E-state index is 0. The topological polar surface area (TPSA) is 50.2 Å². The molecule has 0 atom stereocenters. The van der Waals surface area contributed by atoms with Gasteiger partial charge in [0.15, 0.2) is 5.78 Å². The van der Waals surface area contributed by atoms with Crippen molar-refractivity contribution in [1.29, 1.82) is 0 Å². The summed E-state index contributed by atoms with van der Waals surface area (Å²) in [6.45, 7) is 23.7. The Balaban J connectivity index is 0.000000267. The standard InChI is InChI=1S/C34H28NS.C15H28O2.Ir/c1-33(2,3)24-16-11-18-26-28(24)20-12-6-7-13-21(20)31(35-26)23-15-10-17-25-29(23)32-30(34(25,4)5)22-14-8-9-19-27(22)36-32;1-7-14(5,8-2)12(16)11-13(17)15(6,9-3)10-4;/h6-14,16-19H,1-5H3;11,16H,7-10H2,1-6H3;/q-1;;/b;12-11-;. The van der Waals surface area contributed by atoms with Crippen molar-refractivity contribution in [2.24, 2.45) is 10.8 Å². The van der Waals surface area contributed by atoms with Crippen LogP contribution in [0.15, 0.2) is 90.7 Å². The fourth-order valence-electron chi connectivity index (χ4n) is 7.92. The zero-order valence-corrected chi connectivity index (χ0v) is 37.2. The van der Waals surface area contributed by atoms with E-state index in [0.29, 0.717) is 0 Å². The van der Waals surface area contributed by atoms with Crippen LogP contribution in [0.4, 0.5) is 0 Å². The number of hydrogen-bond acceptors (Lipinski definition) is 4. The molecule has 4 aromatic carbocycles. The molecule has 54 heavy (non-hydrogen) atoms. The van der Waals surface area contributed by atoms with Crippen LogP contribution in [-0.2, 0) is 35.7 Å². The van der Waals surface area contributed by atoms with Crippen LogP contribution in [-0.4, -0.2) is 15.9 Å². The van der Waals surface area contributed by atoms with Crippen molar-refractivity contribution in [1.82, 2.24) is 4.98 Å². The number of rotatable bonds is 8. The van der Waals surface area contributed by atoms with Crippen LogP contribution in [0, 0.1) is 16.9 Å². The van der Waals surface area contributed by atoms with E-state index in [-0.39, 0.29) is 53.3 Å². The van der Waals surface area contributed by atoms with Crippen LogP contribution >= 0.6 is 11.3 Å². The molecule has 285 valence electrons. The number of benzene rings is 4. The maximum absolute atomic E-state index is 12.2. The van der Waals surface area contributed by atoms with Crippen LogP contribution in [0.5, 0.6) is 0 Å². The predicted molar refractivity (Wildman–Crippen MR) is 228 cm³/mol. The van der Waals surface area contributed by atoms with Crippen molar-refractivity contribution in [2.45, 2.75) is 113 Å². The van der Waals surface area contributed by atoms with Crippen molar-refractivity contribution in [3.8, 4) is 21.7 Å². The van der Waals surface area contributed by atoms with E-state index in [1.165, 1.54) is 59.5 Å². The average Bonchev–Trinajstić information content (AvgIpc) is 3.66. The van der Waals surface area contributed by atoms with Gasteiger partial charge in [-0.25, -0.2) is 0 Å². The Kier molecular flexibility index (Phi) is 11.9. The van der Waals surface area contributed by atoms with Gasteiger partial charge in [0.2, 0.25) is 0 Å². The zero-order valence-electron chi connectivity index (χ0n) is 34.0. The molecule has 7 rings (SSSR count). The number of carbonyl (C=O) groups excluding carboxylic acids is 1. The van der Waals surface area contributed by atoms with Gasteiger partial charge in [-0.1, -0.05) is 136 Å². The van der Waals surface area contributed by atoms with E-state index in [0.717, 1.165) is 42.5 Å². The summed E-state index contributed by atoms with van der Waals surface area (Å²) in [7, 11) is 0. The van der Waals surface area contributed by atoms with Gasteiger partial charge < -0.3 is 5.11 Å². The minimum Gasteiger partial charge on any atom is -0.512 e. The molecular formula is C49H56IrNO2S-. The van der Waals surface area contributed by atoms with Crippen molar-refractivity contribution in [2.75, 3.05) is 0 Å². The van der Waals surface area contributed by atoms with Crippen molar-refractivity contribution < 1.29 is 30.0 Å². The monoisotopic (exact) mass is 915 g/mol. The first kappa shape index (κ1) is 41.5. The maximum Gasteiger partial charge on any atom is 0.164 e. The number of allylic oxidation sites excluding steroid dienone is 2. The third-order valence-electron chi connectivity index (χ3n) is 12.5. The smallest absolute Gasteiger partial charge is 0.164 e. The molecule has 0 amide bonds. The summed E-state index contributed by atoms with van der Waals surface area (Å²) in [5.74, 6) is 0.286. The first-order valence-corrected chi connectivity index (χ1v) is 20.2. The first-order valence-electron chi connectivity index (χ1n) is 19.4. The fraction of sp³-hybridized carbons (Fsp3) is 0.388. The Morgan fingerprint density at radius 3 is 2.00 bits per heavy atom. The summed E-state index contributed by atoms with van der Waals surface area (Å²) in [4.78, 5) is 18.9. The van der Waals surface area contributed by atoms with E-state index in [4.69, 9.17) is 4.98 Å². The Morgan fingerprint density at radius 2 is 1.39 bits per heavy atom. The number of ketones is 1. The number of pyridine rings is 1. The largest absolute Gasteiger partial charge is 0.512 e. The Labute approximate surface area is 340 Å². The first-order chi connectivity index (χ1) is 25.1. The van der Waals surface area contributed by atoms with Gasteiger partial charge in [0, 0.05) is 47.1 Å².